The van der Waals surface area contributed by atoms with E-state index in [1.165, 1.54) is 18.2 Å². The Labute approximate surface area is 128 Å². The third-order valence-corrected chi connectivity index (χ3v) is 3.77. The minimum Gasteiger partial charge on any atom is -0.339 e. The molecule has 1 heterocycles. The second kappa shape index (κ2) is 6.43. The van der Waals surface area contributed by atoms with Crippen molar-refractivity contribution in [1.82, 2.24) is 9.80 Å². The maximum absolute atomic E-state index is 13.7. The van der Waals surface area contributed by atoms with Crippen LogP contribution in [0.1, 0.15) is 24.2 Å². The second-order valence-corrected chi connectivity index (χ2v) is 5.83. The van der Waals surface area contributed by atoms with Crippen molar-refractivity contribution in [3.8, 4) is 0 Å². The number of nitrogens with zero attached hydrogens (tertiary/aromatic N) is 2. The molecule has 0 atom stereocenters. The van der Waals surface area contributed by atoms with Gasteiger partial charge in [-0.2, -0.15) is 0 Å². The van der Waals surface area contributed by atoms with Gasteiger partial charge in [0.05, 0.1) is 5.56 Å². The summed E-state index contributed by atoms with van der Waals surface area (Å²) in [6.45, 7) is 5.46. The molecule has 0 aliphatic carbocycles. The summed E-state index contributed by atoms with van der Waals surface area (Å²) < 4.78 is 13.7. The lowest BCUT2D eigenvalue weighted by atomic mass is 10.1. The zero-order valence-electron chi connectivity index (χ0n) is 12.1. The molecular formula is C15H18ClFN2O2. The Morgan fingerprint density at radius 1 is 1.14 bits per heavy atom. The van der Waals surface area contributed by atoms with Crippen molar-refractivity contribution in [2.75, 3.05) is 26.2 Å². The zero-order chi connectivity index (χ0) is 15.6. The van der Waals surface area contributed by atoms with Gasteiger partial charge in [0.2, 0.25) is 5.91 Å². The number of benzene rings is 1. The van der Waals surface area contributed by atoms with Crippen LogP contribution in [0.25, 0.3) is 0 Å². The first-order valence-electron chi connectivity index (χ1n) is 6.93. The van der Waals surface area contributed by atoms with Gasteiger partial charge in [-0.15, -0.1) is 0 Å². The standard InChI is InChI=1S/C15H18ClFN2O2/c1-10(2)14(20)18-5-7-19(8-6-18)15(21)12-9-11(16)3-4-13(12)17/h3-4,9-10H,5-8H2,1-2H3. The number of rotatable bonds is 2. The largest absolute Gasteiger partial charge is 0.339 e. The molecule has 114 valence electrons. The fraction of sp³-hybridized carbons (Fsp3) is 0.467. The van der Waals surface area contributed by atoms with Gasteiger partial charge in [-0.1, -0.05) is 25.4 Å². The molecule has 1 aromatic rings. The Hall–Kier alpha value is -1.62. The molecule has 2 rings (SSSR count). The van der Waals surface area contributed by atoms with Crippen molar-refractivity contribution >= 4 is 23.4 Å². The van der Waals surface area contributed by atoms with E-state index in [2.05, 4.69) is 0 Å². The minimum atomic E-state index is -0.579. The molecule has 1 saturated heterocycles. The predicted molar refractivity (Wildman–Crippen MR) is 78.7 cm³/mol. The summed E-state index contributed by atoms with van der Waals surface area (Å²) in [4.78, 5) is 27.5. The molecule has 21 heavy (non-hydrogen) atoms. The highest BCUT2D eigenvalue weighted by atomic mass is 35.5. The van der Waals surface area contributed by atoms with E-state index in [0.717, 1.165) is 0 Å². The number of hydrogen-bond acceptors (Lipinski definition) is 2. The Bertz CT molecular complexity index is 555. The number of amides is 2. The Morgan fingerprint density at radius 3 is 2.29 bits per heavy atom. The molecule has 4 nitrogen and oxygen atoms in total. The van der Waals surface area contributed by atoms with Gasteiger partial charge < -0.3 is 9.80 Å². The van der Waals surface area contributed by atoms with E-state index < -0.39 is 5.82 Å². The van der Waals surface area contributed by atoms with Gasteiger partial charge in [-0.3, -0.25) is 9.59 Å². The van der Waals surface area contributed by atoms with E-state index in [1.54, 1.807) is 9.80 Å². The minimum absolute atomic E-state index is 0.0221. The monoisotopic (exact) mass is 312 g/mol. The van der Waals surface area contributed by atoms with Crippen LogP contribution in [0.2, 0.25) is 5.02 Å². The van der Waals surface area contributed by atoms with Crippen molar-refractivity contribution < 1.29 is 14.0 Å². The first-order chi connectivity index (χ1) is 9.90. The molecule has 0 bridgehead atoms. The van der Waals surface area contributed by atoms with E-state index >= 15 is 0 Å². The van der Waals surface area contributed by atoms with Crippen LogP contribution in [0.15, 0.2) is 18.2 Å². The van der Waals surface area contributed by atoms with Crippen LogP contribution in [0.5, 0.6) is 0 Å². The predicted octanol–water partition coefficient (Wildman–Crippen LogP) is 2.42. The Balaban J connectivity index is 2.03. The maximum Gasteiger partial charge on any atom is 0.257 e. The molecule has 0 saturated carbocycles. The average Bonchev–Trinajstić information content (AvgIpc) is 2.48. The van der Waals surface area contributed by atoms with Gasteiger partial charge in [0.15, 0.2) is 0 Å². The van der Waals surface area contributed by atoms with Gasteiger partial charge in [0.25, 0.3) is 5.91 Å². The number of carbonyl (C=O) groups excluding carboxylic acids is 2. The average molecular weight is 313 g/mol. The van der Waals surface area contributed by atoms with E-state index in [0.29, 0.717) is 31.2 Å². The van der Waals surface area contributed by atoms with Crippen LogP contribution in [-0.2, 0) is 4.79 Å². The second-order valence-electron chi connectivity index (χ2n) is 5.40. The Morgan fingerprint density at radius 2 is 1.71 bits per heavy atom. The lowest BCUT2D eigenvalue weighted by molar-refractivity contribution is -0.135. The molecule has 0 radical (unpaired) electrons. The molecule has 0 spiro atoms. The van der Waals surface area contributed by atoms with E-state index in [1.807, 2.05) is 13.8 Å². The summed E-state index contributed by atoms with van der Waals surface area (Å²) in [6.07, 6.45) is 0. The molecule has 0 aromatic heterocycles. The van der Waals surface area contributed by atoms with Gasteiger partial charge in [0, 0.05) is 37.1 Å². The van der Waals surface area contributed by atoms with Crippen LogP contribution in [0.4, 0.5) is 4.39 Å². The summed E-state index contributed by atoms with van der Waals surface area (Å²) in [6, 6.07) is 3.94. The molecule has 1 aliphatic heterocycles. The molecule has 1 aliphatic rings. The summed E-state index contributed by atoms with van der Waals surface area (Å²) >= 11 is 5.81. The lowest BCUT2D eigenvalue weighted by Gasteiger charge is -2.35. The summed E-state index contributed by atoms with van der Waals surface area (Å²) in [7, 11) is 0. The van der Waals surface area contributed by atoms with Crippen LogP contribution >= 0.6 is 11.6 Å². The first-order valence-corrected chi connectivity index (χ1v) is 7.31. The molecule has 1 fully saturated rings. The molecule has 2 amide bonds. The molecule has 0 N–H and O–H groups in total. The fourth-order valence-corrected chi connectivity index (χ4v) is 2.50. The van der Waals surface area contributed by atoms with Crippen molar-refractivity contribution in [2.24, 2.45) is 5.92 Å². The Kier molecular flexibility index (Phi) is 4.83. The van der Waals surface area contributed by atoms with Crippen molar-refractivity contribution in [2.45, 2.75) is 13.8 Å². The smallest absolute Gasteiger partial charge is 0.257 e. The molecule has 1 aromatic carbocycles. The number of piperazine rings is 1. The van der Waals surface area contributed by atoms with Crippen LogP contribution < -0.4 is 0 Å². The van der Waals surface area contributed by atoms with Crippen molar-refractivity contribution in [3.63, 3.8) is 0 Å². The van der Waals surface area contributed by atoms with E-state index in [-0.39, 0.29) is 23.3 Å². The van der Waals surface area contributed by atoms with Crippen molar-refractivity contribution in [1.29, 1.82) is 0 Å². The highest BCUT2D eigenvalue weighted by molar-refractivity contribution is 6.31. The van der Waals surface area contributed by atoms with E-state index in [9.17, 15) is 14.0 Å². The van der Waals surface area contributed by atoms with Crippen molar-refractivity contribution in [3.05, 3.63) is 34.6 Å². The molecular weight excluding hydrogens is 295 g/mol. The van der Waals surface area contributed by atoms with Gasteiger partial charge in [-0.05, 0) is 18.2 Å². The van der Waals surface area contributed by atoms with Crippen LogP contribution in [-0.4, -0.2) is 47.8 Å². The summed E-state index contributed by atoms with van der Waals surface area (Å²) in [5.74, 6) is -0.939. The topological polar surface area (TPSA) is 40.6 Å². The highest BCUT2D eigenvalue weighted by Gasteiger charge is 2.27. The maximum atomic E-state index is 13.7. The zero-order valence-corrected chi connectivity index (χ0v) is 12.9. The van der Waals surface area contributed by atoms with Gasteiger partial charge in [0.1, 0.15) is 5.82 Å². The summed E-state index contributed by atoms with van der Waals surface area (Å²) in [5.41, 5.74) is -0.0221. The SMILES string of the molecule is CC(C)C(=O)N1CCN(C(=O)c2cc(Cl)ccc2F)CC1. The highest BCUT2D eigenvalue weighted by Crippen LogP contribution is 2.18. The lowest BCUT2D eigenvalue weighted by Crippen LogP contribution is -2.51. The number of hydrogen-bond donors (Lipinski definition) is 0. The normalized spacial score (nSPS) is 15.5. The number of halogens is 2. The fourth-order valence-electron chi connectivity index (χ4n) is 2.33. The molecule has 0 unspecified atom stereocenters. The van der Waals surface area contributed by atoms with E-state index in [4.69, 9.17) is 11.6 Å². The van der Waals surface area contributed by atoms with Gasteiger partial charge >= 0.3 is 0 Å². The van der Waals surface area contributed by atoms with Crippen LogP contribution in [0, 0.1) is 11.7 Å². The van der Waals surface area contributed by atoms with Gasteiger partial charge in [-0.25, -0.2) is 4.39 Å². The first kappa shape index (κ1) is 15.8. The number of carbonyl (C=O) groups is 2. The quantitative estimate of drug-likeness (QED) is 0.841. The third-order valence-electron chi connectivity index (χ3n) is 3.53. The summed E-state index contributed by atoms with van der Waals surface area (Å²) in [5, 5.41) is 0.327. The molecule has 6 heteroatoms. The third kappa shape index (κ3) is 3.53. The van der Waals surface area contributed by atoms with Crippen LogP contribution in [0.3, 0.4) is 0 Å².